The molecule has 0 aromatic heterocycles. The van der Waals surface area contributed by atoms with Gasteiger partial charge in [0.1, 0.15) is 5.75 Å². The molecule has 2 rings (SSSR count). The SMILES string of the molecule is COc1ccc(CN)cc1CN(C)Cc1cccc(Br)c1. The molecule has 0 bridgehead atoms. The van der Waals surface area contributed by atoms with E-state index in [1.807, 2.05) is 18.2 Å². The van der Waals surface area contributed by atoms with Crippen molar-refractivity contribution >= 4 is 15.9 Å². The van der Waals surface area contributed by atoms with Crippen molar-refractivity contribution in [1.82, 2.24) is 4.90 Å². The number of hydrogen-bond donors (Lipinski definition) is 1. The summed E-state index contributed by atoms with van der Waals surface area (Å²) in [7, 11) is 3.81. The van der Waals surface area contributed by atoms with E-state index in [0.29, 0.717) is 6.54 Å². The fourth-order valence-electron chi connectivity index (χ4n) is 2.38. The number of halogens is 1. The summed E-state index contributed by atoms with van der Waals surface area (Å²) in [5.41, 5.74) is 9.29. The van der Waals surface area contributed by atoms with Gasteiger partial charge in [-0.2, -0.15) is 0 Å². The summed E-state index contributed by atoms with van der Waals surface area (Å²) in [6, 6.07) is 14.5. The maximum absolute atomic E-state index is 5.72. The van der Waals surface area contributed by atoms with Crippen LogP contribution in [0, 0.1) is 0 Å². The van der Waals surface area contributed by atoms with Crippen LogP contribution in [0.4, 0.5) is 0 Å². The second-order valence-corrected chi connectivity index (χ2v) is 6.07. The van der Waals surface area contributed by atoms with Gasteiger partial charge in [-0.1, -0.05) is 34.1 Å². The molecule has 2 aromatic carbocycles. The molecule has 0 unspecified atom stereocenters. The van der Waals surface area contributed by atoms with E-state index >= 15 is 0 Å². The zero-order valence-electron chi connectivity index (χ0n) is 12.5. The molecule has 21 heavy (non-hydrogen) atoms. The summed E-state index contributed by atoms with van der Waals surface area (Å²) < 4.78 is 6.55. The predicted molar refractivity (Wildman–Crippen MR) is 90.2 cm³/mol. The molecule has 0 saturated carbocycles. The zero-order valence-corrected chi connectivity index (χ0v) is 14.1. The molecule has 0 fully saturated rings. The number of rotatable bonds is 6. The van der Waals surface area contributed by atoms with Crippen LogP contribution in [-0.4, -0.2) is 19.1 Å². The molecule has 0 saturated heterocycles. The third kappa shape index (κ3) is 4.56. The first-order chi connectivity index (χ1) is 10.1. The molecule has 4 heteroatoms. The van der Waals surface area contributed by atoms with E-state index in [1.165, 1.54) is 5.56 Å². The molecule has 0 heterocycles. The average Bonchev–Trinajstić information content (AvgIpc) is 2.47. The van der Waals surface area contributed by atoms with Crippen LogP contribution in [0.25, 0.3) is 0 Å². The normalized spacial score (nSPS) is 10.9. The molecule has 0 aliphatic rings. The fourth-order valence-corrected chi connectivity index (χ4v) is 2.82. The van der Waals surface area contributed by atoms with E-state index in [2.05, 4.69) is 52.1 Å². The number of nitrogens with zero attached hydrogens (tertiary/aromatic N) is 1. The minimum Gasteiger partial charge on any atom is -0.496 e. The first kappa shape index (κ1) is 16.0. The van der Waals surface area contributed by atoms with Crippen molar-refractivity contribution in [2.75, 3.05) is 14.2 Å². The lowest BCUT2D eigenvalue weighted by atomic mass is 10.1. The Morgan fingerprint density at radius 2 is 1.90 bits per heavy atom. The Morgan fingerprint density at radius 1 is 1.10 bits per heavy atom. The van der Waals surface area contributed by atoms with Crippen LogP contribution in [0.15, 0.2) is 46.9 Å². The summed E-state index contributed by atoms with van der Waals surface area (Å²) in [5, 5.41) is 0. The van der Waals surface area contributed by atoms with Crippen molar-refractivity contribution in [2.24, 2.45) is 5.73 Å². The lowest BCUT2D eigenvalue weighted by Crippen LogP contribution is -2.18. The molecule has 0 spiro atoms. The van der Waals surface area contributed by atoms with E-state index in [4.69, 9.17) is 10.5 Å². The van der Waals surface area contributed by atoms with E-state index in [-0.39, 0.29) is 0 Å². The van der Waals surface area contributed by atoms with Crippen molar-refractivity contribution in [2.45, 2.75) is 19.6 Å². The summed E-state index contributed by atoms with van der Waals surface area (Å²) in [5.74, 6) is 0.910. The maximum Gasteiger partial charge on any atom is 0.123 e. The molecule has 2 N–H and O–H groups in total. The summed E-state index contributed by atoms with van der Waals surface area (Å²) in [4.78, 5) is 2.26. The van der Waals surface area contributed by atoms with Gasteiger partial charge < -0.3 is 10.5 Å². The molecule has 0 aliphatic heterocycles. The summed E-state index contributed by atoms with van der Waals surface area (Å²) in [6.45, 7) is 2.26. The maximum atomic E-state index is 5.72. The Kier molecular flexibility index (Phi) is 5.79. The highest BCUT2D eigenvalue weighted by molar-refractivity contribution is 9.10. The lowest BCUT2D eigenvalue weighted by Gasteiger charge is -2.19. The van der Waals surface area contributed by atoms with E-state index in [0.717, 1.165) is 34.4 Å². The Balaban J connectivity index is 2.09. The van der Waals surface area contributed by atoms with Crippen molar-refractivity contribution in [1.29, 1.82) is 0 Å². The highest BCUT2D eigenvalue weighted by Crippen LogP contribution is 2.22. The van der Waals surface area contributed by atoms with Crippen molar-refractivity contribution in [3.63, 3.8) is 0 Å². The van der Waals surface area contributed by atoms with Crippen molar-refractivity contribution in [3.8, 4) is 5.75 Å². The number of ether oxygens (including phenoxy) is 1. The van der Waals surface area contributed by atoms with Gasteiger partial charge in [-0.15, -0.1) is 0 Å². The molecule has 0 aliphatic carbocycles. The summed E-state index contributed by atoms with van der Waals surface area (Å²) in [6.07, 6.45) is 0. The topological polar surface area (TPSA) is 38.5 Å². The minimum atomic E-state index is 0.548. The smallest absolute Gasteiger partial charge is 0.123 e. The number of hydrogen-bond acceptors (Lipinski definition) is 3. The second-order valence-electron chi connectivity index (χ2n) is 5.15. The van der Waals surface area contributed by atoms with Gasteiger partial charge in [0.15, 0.2) is 0 Å². The van der Waals surface area contributed by atoms with Crippen LogP contribution in [0.5, 0.6) is 5.75 Å². The van der Waals surface area contributed by atoms with Gasteiger partial charge in [0.05, 0.1) is 7.11 Å². The number of nitrogens with two attached hydrogens (primary N) is 1. The highest BCUT2D eigenvalue weighted by atomic mass is 79.9. The average molecular weight is 349 g/mol. The highest BCUT2D eigenvalue weighted by Gasteiger charge is 2.08. The van der Waals surface area contributed by atoms with Gasteiger partial charge in [-0.3, -0.25) is 4.90 Å². The molecular formula is C17H21BrN2O. The largest absolute Gasteiger partial charge is 0.496 e. The second kappa shape index (κ2) is 7.59. The third-order valence-electron chi connectivity index (χ3n) is 3.36. The van der Waals surface area contributed by atoms with Gasteiger partial charge in [0.25, 0.3) is 0 Å². The Morgan fingerprint density at radius 3 is 2.57 bits per heavy atom. The standard InChI is InChI=1S/C17H21BrN2O/c1-20(11-14-4-3-5-16(18)9-14)12-15-8-13(10-19)6-7-17(15)21-2/h3-9H,10-12,19H2,1-2H3. The minimum absolute atomic E-state index is 0.548. The van der Waals surface area contributed by atoms with Crippen molar-refractivity contribution in [3.05, 3.63) is 63.6 Å². The van der Waals surface area contributed by atoms with E-state index in [9.17, 15) is 0 Å². The first-order valence-electron chi connectivity index (χ1n) is 6.91. The predicted octanol–water partition coefficient (Wildman–Crippen LogP) is 3.55. The Bertz CT molecular complexity index is 601. The molecular weight excluding hydrogens is 328 g/mol. The fraction of sp³-hybridized carbons (Fsp3) is 0.294. The quantitative estimate of drug-likeness (QED) is 0.867. The number of benzene rings is 2. The monoisotopic (exact) mass is 348 g/mol. The molecule has 112 valence electrons. The zero-order chi connectivity index (χ0) is 15.2. The van der Waals surface area contributed by atoms with Crippen molar-refractivity contribution < 1.29 is 4.74 Å². The van der Waals surface area contributed by atoms with Crippen LogP contribution in [0.2, 0.25) is 0 Å². The molecule has 3 nitrogen and oxygen atoms in total. The van der Waals surface area contributed by atoms with Crippen LogP contribution in [0.3, 0.4) is 0 Å². The van der Waals surface area contributed by atoms with Crippen LogP contribution in [-0.2, 0) is 19.6 Å². The first-order valence-corrected chi connectivity index (χ1v) is 7.70. The van der Waals surface area contributed by atoms with Gasteiger partial charge >= 0.3 is 0 Å². The lowest BCUT2D eigenvalue weighted by molar-refractivity contribution is 0.310. The summed E-state index contributed by atoms with van der Waals surface area (Å²) >= 11 is 3.51. The van der Waals surface area contributed by atoms with E-state index < -0.39 is 0 Å². The molecule has 0 radical (unpaired) electrons. The van der Waals surface area contributed by atoms with Crippen LogP contribution < -0.4 is 10.5 Å². The Labute approximate surface area is 134 Å². The molecule has 2 aromatic rings. The molecule has 0 amide bonds. The van der Waals surface area contributed by atoms with Gasteiger partial charge in [0, 0.05) is 29.7 Å². The number of methoxy groups -OCH3 is 1. The van der Waals surface area contributed by atoms with Crippen LogP contribution in [0.1, 0.15) is 16.7 Å². The molecule has 0 atom stereocenters. The van der Waals surface area contributed by atoms with Crippen LogP contribution >= 0.6 is 15.9 Å². The van der Waals surface area contributed by atoms with Gasteiger partial charge in [0.2, 0.25) is 0 Å². The van der Waals surface area contributed by atoms with Gasteiger partial charge in [-0.05, 0) is 42.4 Å². The van der Waals surface area contributed by atoms with Gasteiger partial charge in [-0.25, -0.2) is 0 Å². The third-order valence-corrected chi connectivity index (χ3v) is 3.86. The van der Waals surface area contributed by atoms with E-state index in [1.54, 1.807) is 7.11 Å². The Hall–Kier alpha value is -1.36.